The highest BCUT2D eigenvalue weighted by Gasteiger charge is 2.15. The van der Waals surface area contributed by atoms with Crippen LogP contribution in [0.5, 0.6) is 0 Å². The lowest BCUT2D eigenvalue weighted by molar-refractivity contribution is 0.443. The van der Waals surface area contributed by atoms with Gasteiger partial charge in [-0.05, 0) is 24.3 Å². The van der Waals surface area contributed by atoms with Crippen molar-refractivity contribution in [2.45, 2.75) is 44.6 Å². The predicted molar refractivity (Wildman–Crippen MR) is 82.5 cm³/mol. The fourth-order valence-electron chi connectivity index (χ4n) is 3.14. The molecule has 3 heteroatoms. The molecule has 3 nitrogen and oxygen atoms in total. The fourth-order valence-corrected chi connectivity index (χ4v) is 3.14. The highest BCUT2D eigenvalue weighted by atomic mass is 15.0. The molecule has 0 atom stereocenters. The molecule has 1 aromatic carbocycles. The van der Waals surface area contributed by atoms with Gasteiger partial charge in [-0.3, -0.25) is 0 Å². The number of hydrogen-bond donors (Lipinski definition) is 1. The van der Waals surface area contributed by atoms with Gasteiger partial charge in [0.05, 0.1) is 12.0 Å². The van der Waals surface area contributed by atoms with Gasteiger partial charge in [0, 0.05) is 24.8 Å². The summed E-state index contributed by atoms with van der Waals surface area (Å²) in [6.07, 6.45) is 10.8. The Labute approximate surface area is 120 Å². The van der Waals surface area contributed by atoms with Gasteiger partial charge in [0.15, 0.2) is 0 Å². The topological polar surface area (TPSA) is 43.8 Å². The Morgan fingerprint density at radius 2 is 1.85 bits per heavy atom. The minimum absolute atomic E-state index is 0.649. The maximum atomic E-state index is 5.56. The fraction of sp³-hybridized carbons (Fsp3) is 0.471. The monoisotopic (exact) mass is 269 g/mol. The number of hydrogen-bond acceptors (Lipinski definition) is 2. The molecule has 1 aliphatic rings. The first-order valence-corrected chi connectivity index (χ1v) is 7.69. The lowest BCUT2D eigenvalue weighted by Gasteiger charge is -2.22. The van der Waals surface area contributed by atoms with Crippen LogP contribution in [0.1, 0.15) is 43.6 Å². The van der Waals surface area contributed by atoms with Gasteiger partial charge in [0.1, 0.15) is 0 Å². The van der Waals surface area contributed by atoms with Crippen LogP contribution in [0, 0.1) is 0 Å². The number of imidazole rings is 1. The first-order valence-electron chi connectivity index (χ1n) is 7.69. The summed E-state index contributed by atoms with van der Waals surface area (Å²) in [6, 6.07) is 8.98. The van der Waals surface area contributed by atoms with E-state index in [-0.39, 0.29) is 0 Å². The van der Waals surface area contributed by atoms with Crippen molar-refractivity contribution in [3.8, 4) is 11.3 Å². The van der Waals surface area contributed by atoms with Crippen LogP contribution in [0.15, 0.2) is 36.8 Å². The molecule has 2 N–H and O–H groups in total. The Bertz CT molecular complexity index is 536. The molecule has 1 aromatic heterocycles. The average molecular weight is 269 g/mol. The van der Waals surface area contributed by atoms with Gasteiger partial charge in [-0.25, -0.2) is 4.98 Å². The van der Waals surface area contributed by atoms with E-state index in [0.29, 0.717) is 6.54 Å². The molecule has 0 saturated heterocycles. The highest BCUT2D eigenvalue weighted by Crippen LogP contribution is 2.33. The standard InChI is InChI=1S/C17H23N3/c18-10-11-20-12-17(19-13-20)16-8-6-15(7-9-16)14-4-2-1-3-5-14/h6-9,12-14H,1-5,10-11,18H2. The second kappa shape index (κ2) is 6.23. The molecule has 0 radical (unpaired) electrons. The summed E-state index contributed by atoms with van der Waals surface area (Å²) in [5.41, 5.74) is 9.29. The number of nitrogens with zero attached hydrogens (tertiary/aromatic N) is 2. The van der Waals surface area contributed by atoms with E-state index in [4.69, 9.17) is 5.73 Å². The predicted octanol–water partition coefficient (Wildman–Crippen LogP) is 3.56. The summed E-state index contributed by atoms with van der Waals surface area (Å²) in [5.74, 6) is 0.771. The van der Waals surface area contributed by atoms with Gasteiger partial charge < -0.3 is 10.3 Å². The zero-order chi connectivity index (χ0) is 13.8. The molecule has 1 saturated carbocycles. The van der Waals surface area contributed by atoms with E-state index >= 15 is 0 Å². The maximum absolute atomic E-state index is 5.56. The summed E-state index contributed by atoms with van der Waals surface area (Å²) in [7, 11) is 0. The van der Waals surface area contributed by atoms with Crippen LogP contribution in [0.2, 0.25) is 0 Å². The molecule has 20 heavy (non-hydrogen) atoms. The highest BCUT2D eigenvalue weighted by molar-refractivity contribution is 5.58. The number of nitrogens with two attached hydrogens (primary N) is 1. The minimum atomic E-state index is 0.649. The lowest BCUT2D eigenvalue weighted by Crippen LogP contribution is -2.07. The van der Waals surface area contributed by atoms with Crippen molar-refractivity contribution in [3.05, 3.63) is 42.4 Å². The van der Waals surface area contributed by atoms with Crippen LogP contribution in [0.25, 0.3) is 11.3 Å². The van der Waals surface area contributed by atoms with Crippen molar-refractivity contribution in [2.24, 2.45) is 5.73 Å². The van der Waals surface area contributed by atoms with Gasteiger partial charge in [0.25, 0.3) is 0 Å². The van der Waals surface area contributed by atoms with E-state index in [0.717, 1.165) is 18.2 Å². The lowest BCUT2D eigenvalue weighted by atomic mass is 9.84. The van der Waals surface area contributed by atoms with Crippen LogP contribution < -0.4 is 5.73 Å². The molecule has 1 heterocycles. The Morgan fingerprint density at radius 1 is 1.10 bits per heavy atom. The van der Waals surface area contributed by atoms with E-state index in [2.05, 4.69) is 35.4 Å². The second-order valence-corrected chi connectivity index (χ2v) is 5.74. The largest absolute Gasteiger partial charge is 0.336 e. The van der Waals surface area contributed by atoms with Crippen molar-refractivity contribution in [1.29, 1.82) is 0 Å². The van der Waals surface area contributed by atoms with E-state index in [1.807, 2.05) is 10.9 Å². The van der Waals surface area contributed by atoms with Crippen molar-refractivity contribution in [1.82, 2.24) is 9.55 Å². The van der Waals surface area contributed by atoms with E-state index < -0.39 is 0 Å². The van der Waals surface area contributed by atoms with Gasteiger partial charge in [-0.2, -0.15) is 0 Å². The number of rotatable bonds is 4. The second-order valence-electron chi connectivity index (χ2n) is 5.74. The molecule has 3 rings (SSSR count). The van der Waals surface area contributed by atoms with Gasteiger partial charge in [0.2, 0.25) is 0 Å². The quantitative estimate of drug-likeness (QED) is 0.922. The van der Waals surface area contributed by atoms with Gasteiger partial charge in [-0.1, -0.05) is 43.5 Å². The minimum Gasteiger partial charge on any atom is -0.336 e. The Balaban J connectivity index is 1.74. The van der Waals surface area contributed by atoms with Crippen molar-refractivity contribution in [3.63, 3.8) is 0 Å². The molecule has 1 aliphatic carbocycles. The van der Waals surface area contributed by atoms with Crippen LogP contribution in [-0.4, -0.2) is 16.1 Å². The van der Waals surface area contributed by atoms with Gasteiger partial charge >= 0.3 is 0 Å². The van der Waals surface area contributed by atoms with Crippen LogP contribution in [0.4, 0.5) is 0 Å². The molecule has 106 valence electrons. The summed E-state index contributed by atoms with van der Waals surface area (Å²) in [5, 5.41) is 0. The third-order valence-electron chi connectivity index (χ3n) is 4.30. The third-order valence-corrected chi connectivity index (χ3v) is 4.30. The van der Waals surface area contributed by atoms with Crippen molar-refractivity contribution < 1.29 is 0 Å². The summed E-state index contributed by atoms with van der Waals surface area (Å²) >= 11 is 0. The average Bonchev–Trinajstić information content (AvgIpc) is 2.97. The first-order chi connectivity index (χ1) is 9.86. The summed E-state index contributed by atoms with van der Waals surface area (Å²) < 4.78 is 2.05. The molecular weight excluding hydrogens is 246 g/mol. The van der Waals surface area contributed by atoms with E-state index in [9.17, 15) is 0 Å². The Hall–Kier alpha value is -1.61. The van der Waals surface area contributed by atoms with Crippen LogP contribution in [-0.2, 0) is 6.54 Å². The molecule has 2 aromatic rings. The van der Waals surface area contributed by atoms with E-state index in [1.165, 1.54) is 43.2 Å². The molecule has 1 fully saturated rings. The number of aromatic nitrogens is 2. The Kier molecular flexibility index (Phi) is 4.16. The molecular formula is C17H23N3. The summed E-state index contributed by atoms with van der Waals surface area (Å²) in [6.45, 7) is 1.48. The SMILES string of the molecule is NCCn1cnc(-c2ccc(C3CCCCC3)cc2)c1. The zero-order valence-corrected chi connectivity index (χ0v) is 12.0. The van der Waals surface area contributed by atoms with Crippen LogP contribution >= 0.6 is 0 Å². The first kappa shape index (κ1) is 13.4. The summed E-state index contributed by atoms with van der Waals surface area (Å²) in [4.78, 5) is 4.45. The van der Waals surface area contributed by atoms with Gasteiger partial charge in [-0.15, -0.1) is 0 Å². The Morgan fingerprint density at radius 3 is 2.55 bits per heavy atom. The maximum Gasteiger partial charge on any atom is 0.0954 e. The van der Waals surface area contributed by atoms with Crippen LogP contribution in [0.3, 0.4) is 0 Å². The third kappa shape index (κ3) is 2.93. The molecule has 0 amide bonds. The smallest absolute Gasteiger partial charge is 0.0954 e. The molecule has 0 aliphatic heterocycles. The van der Waals surface area contributed by atoms with Crippen molar-refractivity contribution >= 4 is 0 Å². The molecule has 0 bridgehead atoms. The molecule has 0 spiro atoms. The normalized spacial score (nSPS) is 16.4. The van der Waals surface area contributed by atoms with Crippen molar-refractivity contribution in [2.75, 3.05) is 6.54 Å². The number of benzene rings is 1. The zero-order valence-electron chi connectivity index (χ0n) is 12.0. The van der Waals surface area contributed by atoms with E-state index in [1.54, 1.807) is 0 Å². The molecule has 0 unspecified atom stereocenters.